The number of aliphatic hydroxyl groups excluding tert-OH is 1. The van der Waals surface area contributed by atoms with Crippen LogP contribution in [0, 0.1) is 5.41 Å². The number of esters is 1. The maximum Gasteiger partial charge on any atom is 0.335 e. The highest BCUT2D eigenvalue weighted by atomic mass is 35.5. The van der Waals surface area contributed by atoms with Gasteiger partial charge in [0.25, 0.3) is 0 Å². The summed E-state index contributed by atoms with van der Waals surface area (Å²) >= 11 is 6.19. The maximum atomic E-state index is 11.8. The molecule has 1 atom stereocenters. The zero-order valence-corrected chi connectivity index (χ0v) is 11.4. The van der Waals surface area contributed by atoms with Gasteiger partial charge < -0.3 is 9.84 Å². The SMILES string of the molecule is COC(=O)C1(Cl)C(O)=C(C(C)=O)C(=O)CC1(C)C. The van der Waals surface area contributed by atoms with Gasteiger partial charge in [-0.1, -0.05) is 25.4 Å². The van der Waals surface area contributed by atoms with E-state index in [0.29, 0.717) is 0 Å². The average molecular weight is 275 g/mol. The number of carbonyl (C=O) groups excluding carboxylic acids is 3. The number of rotatable bonds is 2. The van der Waals surface area contributed by atoms with E-state index in [1.807, 2.05) is 0 Å². The number of Topliss-reactive ketones (excluding diaryl/α,β-unsaturated/α-hetero) is 2. The molecule has 0 spiro atoms. The minimum Gasteiger partial charge on any atom is -0.509 e. The van der Waals surface area contributed by atoms with E-state index in [1.54, 1.807) is 13.8 Å². The fourth-order valence-electron chi connectivity index (χ4n) is 2.11. The number of ether oxygens (including phenoxy) is 1. The molecule has 0 aromatic rings. The summed E-state index contributed by atoms with van der Waals surface area (Å²) in [6.07, 6.45) is -0.120. The van der Waals surface area contributed by atoms with Gasteiger partial charge in [-0.15, -0.1) is 0 Å². The minimum absolute atomic E-state index is 0.120. The Morgan fingerprint density at radius 3 is 2.28 bits per heavy atom. The van der Waals surface area contributed by atoms with Gasteiger partial charge in [0.2, 0.25) is 4.87 Å². The van der Waals surface area contributed by atoms with Crippen LogP contribution in [0.5, 0.6) is 0 Å². The van der Waals surface area contributed by atoms with E-state index in [1.165, 1.54) is 0 Å². The molecule has 1 aliphatic carbocycles. The maximum absolute atomic E-state index is 11.8. The Labute approximate surface area is 110 Å². The second kappa shape index (κ2) is 4.39. The van der Waals surface area contributed by atoms with Crippen molar-refractivity contribution < 1.29 is 24.2 Å². The number of hydrogen-bond acceptors (Lipinski definition) is 5. The number of methoxy groups -OCH3 is 1. The van der Waals surface area contributed by atoms with Gasteiger partial charge in [0, 0.05) is 11.8 Å². The van der Waals surface area contributed by atoms with Crippen LogP contribution in [0.2, 0.25) is 0 Å². The molecule has 5 nitrogen and oxygen atoms in total. The van der Waals surface area contributed by atoms with Crippen molar-refractivity contribution in [3.8, 4) is 0 Å². The summed E-state index contributed by atoms with van der Waals surface area (Å²) in [7, 11) is 1.12. The Balaban J connectivity index is 3.59. The third kappa shape index (κ3) is 1.82. The first kappa shape index (κ1) is 14.7. The van der Waals surface area contributed by atoms with Gasteiger partial charge in [-0.3, -0.25) is 9.59 Å². The molecule has 0 heterocycles. The molecule has 0 bridgehead atoms. The highest BCUT2D eigenvalue weighted by molar-refractivity contribution is 6.39. The molecule has 0 fully saturated rings. The van der Waals surface area contributed by atoms with Crippen LogP contribution in [0.4, 0.5) is 0 Å². The molecule has 1 rings (SSSR count). The zero-order valence-electron chi connectivity index (χ0n) is 10.7. The molecular formula is C12H15ClO5. The molecule has 0 aliphatic heterocycles. The second-order valence-corrected chi connectivity index (χ2v) is 5.48. The average Bonchev–Trinajstić information content (AvgIpc) is 2.23. The lowest BCUT2D eigenvalue weighted by atomic mass is 9.67. The molecule has 1 N–H and O–H groups in total. The Hall–Kier alpha value is -1.36. The molecule has 6 heteroatoms. The molecule has 1 unspecified atom stereocenters. The van der Waals surface area contributed by atoms with Crippen LogP contribution in [-0.2, 0) is 19.1 Å². The fourth-order valence-corrected chi connectivity index (χ4v) is 2.35. The van der Waals surface area contributed by atoms with E-state index in [9.17, 15) is 19.5 Å². The van der Waals surface area contributed by atoms with E-state index in [-0.39, 0.29) is 6.42 Å². The van der Waals surface area contributed by atoms with E-state index >= 15 is 0 Å². The number of allylic oxidation sites excluding steroid dienone is 1. The second-order valence-electron chi connectivity index (χ2n) is 4.91. The third-order valence-electron chi connectivity index (χ3n) is 3.20. The monoisotopic (exact) mass is 274 g/mol. The van der Waals surface area contributed by atoms with Gasteiger partial charge in [0.15, 0.2) is 11.6 Å². The van der Waals surface area contributed by atoms with Crippen molar-refractivity contribution >= 4 is 29.1 Å². The highest BCUT2D eigenvalue weighted by Crippen LogP contribution is 2.49. The van der Waals surface area contributed by atoms with E-state index < -0.39 is 39.2 Å². The standard InChI is InChI=1S/C12H15ClO5/c1-6(14)8-7(15)5-11(2,3)12(13,9(8)16)10(17)18-4/h16H,5H2,1-4H3. The van der Waals surface area contributed by atoms with Gasteiger partial charge in [-0.05, 0) is 6.92 Å². The molecule has 0 saturated heterocycles. The normalized spacial score (nSPS) is 27.1. The van der Waals surface area contributed by atoms with Crippen LogP contribution in [-0.4, -0.2) is 34.6 Å². The number of carbonyl (C=O) groups is 3. The Morgan fingerprint density at radius 2 is 1.89 bits per heavy atom. The van der Waals surface area contributed by atoms with Crippen molar-refractivity contribution in [3.05, 3.63) is 11.3 Å². The quantitative estimate of drug-likeness (QED) is 0.469. The third-order valence-corrected chi connectivity index (χ3v) is 4.04. The smallest absolute Gasteiger partial charge is 0.335 e. The number of alkyl halides is 1. The van der Waals surface area contributed by atoms with Crippen LogP contribution in [0.3, 0.4) is 0 Å². The molecule has 0 aromatic heterocycles. The summed E-state index contributed by atoms with van der Waals surface area (Å²) in [6, 6.07) is 0. The van der Waals surface area contributed by atoms with Crippen molar-refractivity contribution in [3.63, 3.8) is 0 Å². The molecule has 1 aliphatic rings. The summed E-state index contributed by atoms with van der Waals surface area (Å²) < 4.78 is 4.57. The summed E-state index contributed by atoms with van der Waals surface area (Å²) in [5.74, 6) is -2.75. The summed E-state index contributed by atoms with van der Waals surface area (Å²) in [6.45, 7) is 4.25. The summed E-state index contributed by atoms with van der Waals surface area (Å²) in [4.78, 5) is 33.1. The topological polar surface area (TPSA) is 80.7 Å². The lowest BCUT2D eigenvalue weighted by Crippen LogP contribution is -2.54. The van der Waals surface area contributed by atoms with Crippen molar-refractivity contribution in [2.45, 2.75) is 32.1 Å². The largest absolute Gasteiger partial charge is 0.509 e. The first-order valence-electron chi connectivity index (χ1n) is 5.34. The zero-order chi connectivity index (χ0) is 14.3. The van der Waals surface area contributed by atoms with Crippen LogP contribution in [0.1, 0.15) is 27.2 Å². The van der Waals surface area contributed by atoms with E-state index in [4.69, 9.17) is 11.6 Å². The van der Waals surface area contributed by atoms with Crippen molar-refractivity contribution in [2.24, 2.45) is 5.41 Å². The molecular weight excluding hydrogens is 260 g/mol. The van der Waals surface area contributed by atoms with Crippen molar-refractivity contribution in [2.75, 3.05) is 7.11 Å². The highest BCUT2D eigenvalue weighted by Gasteiger charge is 2.59. The number of halogens is 1. The number of hydrogen-bond donors (Lipinski definition) is 1. The lowest BCUT2D eigenvalue weighted by Gasteiger charge is -2.42. The van der Waals surface area contributed by atoms with Crippen LogP contribution >= 0.6 is 11.6 Å². The molecule has 0 radical (unpaired) electrons. The van der Waals surface area contributed by atoms with Gasteiger partial charge in [0.1, 0.15) is 11.3 Å². The predicted octanol–water partition coefficient (Wildman–Crippen LogP) is 1.54. The van der Waals surface area contributed by atoms with Gasteiger partial charge >= 0.3 is 5.97 Å². The summed E-state index contributed by atoms with van der Waals surface area (Å²) in [5, 5.41) is 10.1. The first-order valence-corrected chi connectivity index (χ1v) is 5.72. The number of aliphatic hydroxyl groups is 1. The molecule has 0 saturated carbocycles. The van der Waals surface area contributed by atoms with Crippen molar-refractivity contribution in [1.29, 1.82) is 0 Å². The Bertz CT molecular complexity index is 463. The molecule has 0 amide bonds. The molecule has 18 heavy (non-hydrogen) atoms. The van der Waals surface area contributed by atoms with Crippen LogP contribution in [0.15, 0.2) is 11.3 Å². The van der Waals surface area contributed by atoms with E-state index in [0.717, 1.165) is 14.0 Å². The van der Waals surface area contributed by atoms with E-state index in [2.05, 4.69) is 4.74 Å². The van der Waals surface area contributed by atoms with Crippen LogP contribution in [0.25, 0.3) is 0 Å². The summed E-state index contributed by atoms with van der Waals surface area (Å²) in [5.41, 5.74) is -1.48. The van der Waals surface area contributed by atoms with Gasteiger partial charge in [0.05, 0.1) is 7.11 Å². The van der Waals surface area contributed by atoms with Gasteiger partial charge in [-0.25, -0.2) is 4.79 Å². The van der Waals surface area contributed by atoms with Gasteiger partial charge in [-0.2, -0.15) is 0 Å². The van der Waals surface area contributed by atoms with Crippen LogP contribution < -0.4 is 0 Å². The lowest BCUT2D eigenvalue weighted by molar-refractivity contribution is -0.148. The first-order chi connectivity index (χ1) is 8.09. The number of ketones is 2. The Morgan fingerprint density at radius 1 is 1.39 bits per heavy atom. The Kier molecular flexibility index (Phi) is 3.58. The minimum atomic E-state index is -1.92. The molecule has 100 valence electrons. The fraction of sp³-hybridized carbons (Fsp3) is 0.583. The molecule has 0 aromatic carbocycles. The predicted molar refractivity (Wildman–Crippen MR) is 64.3 cm³/mol. The van der Waals surface area contributed by atoms with Crippen molar-refractivity contribution in [1.82, 2.24) is 0 Å².